The molecule has 1 aliphatic heterocycles. The lowest BCUT2D eigenvalue weighted by Gasteiger charge is -2.19. The summed E-state index contributed by atoms with van der Waals surface area (Å²) in [7, 11) is 0. The van der Waals surface area contributed by atoms with E-state index in [1.54, 1.807) is 0 Å². The van der Waals surface area contributed by atoms with E-state index >= 15 is 0 Å². The van der Waals surface area contributed by atoms with Crippen molar-refractivity contribution < 1.29 is 14.8 Å². The Morgan fingerprint density at radius 3 is 2.70 bits per heavy atom. The van der Waals surface area contributed by atoms with Gasteiger partial charge in [0.1, 0.15) is 6.61 Å². The maximum absolute atomic E-state index is 10.1. The van der Waals surface area contributed by atoms with Crippen molar-refractivity contribution in [1.29, 1.82) is 0 Å². The molecular weight excluding hydrogens is 138 g/mol. The normalized spacial score (nSPS) is 33.7. The summed E-state index contributed by atoms with van der Waals surface area (Å²) >= 11 is 0. The number of aliphatic hydroxyl groups excluding tert-OH is 1. The summed E-state index contributed by atoms with van der Waals surface area (Å²) in [5, 5.41) is 18.9. The number of rotatable bonds is 1. The Hall–Kier alpha value is -0.680. The van der Waals surface area contributed by atoms with Gasteiger partial charge >= 0.3 is 0 Å². The van der Waals surface area contributed by atoms with Crippen molar-refractivity contribution in [2.45, 2.75) is 25.2 Å². The smallest absolute Gasteiger partial charge is 0.236 e. The Morgan fingerprint density at radius 1 is 1.60 bits per heavy atom. The average Bonchev–Trinajstić information content (AvgIpc) is 1.88. The summed E-state index contributed by atoms with van der Waals surface area (Å²) in [6, 6.07) is -0.622. The Morgan fingerprint density at radius 2 is 2.30 bits per heavy atom. The zero-order valence-corrected chi connectivity index (χ0v) is 5.40. The fourth-order valence-electron chi connectivity index (χ4n) is 0.890. The highest BCUT2D eigenvalue weighted by molar-refractivity contribution is 4.62. The molecule has 0 spiro atoms. The molecule has 0 unspecified atom stereocenters. The second-order valence-electron chi connectivity index (χ2n) is 2.30. The van der Waals surface area contributed by atoms with Gasteiger partial charge < -0.3 is 9.84 Å². The van der Waals surface area contributed by atoms with Crippen molar-refractivity contribution >= 4 is 0 Å². The van der Waals surface area contributed by atoms with Crippen LogP contribution in [0.2, 0.25) is 0 Å². The third-order valence-corrected chi connectivity index (χ3v) is 1.53. The highest BCUT2D eigenvalue weighted by Gasteiger charge is 2.27. The topological polar surface area (TPSA) is 72.6 Å². The highest BCUT2D eigenvalue weighted by atomic mass is 16.6. The molecule has 1 rings (SSSR count). The summed E-state index contributed by atoms with van der Waals surface area (Å²) in [4.78, 5) is 9.74. The van der Waals surface area contributed by atoms with Crippen LogP contribution in [0, 0.1) is 10.1 Å². The first-order valence-corrected chi connectivity index (χ1v) is 3.13. The molecule has 1 aliphatic rings. The molecule has 1 heterocycles. The molecule has 1 saturated heterocycles. The van der Waals surface area contributed by atoms with Gasteiger partial charge in [-0.15, -0.1) is 0 Å². The van der Waals surface area contributed by atoms with Gasteiger partial charge in [0, 0.05) is 17.8 Å². The molecule has 0 bridgehead atoms. The largest absolute Gasteiger partial charge is 0.368 e. The van der Waals surface area contributed by atoms with E-state index < -0.39 is 12.3 Å². The Kier molecular flexibility index (Phi) is 2.18. The molecule has 2 atom stereocenters. The van der Waals surface area contributed by atoms with Crippen molar-refractivity contribution in [2.75, 3.05) is 6.61 Å². The lowest BCUT2D eigenvalue weighted by atomic mass is 10.1. The van der Waals surface area contributed by atoms with Crippen LogP contribution in [0.15, 0.2) is 0 Å². The monoisotopic (exact) mass is 147 g/mol. The molecule has 58 valence electrons. The minimum absolute atomic E-state index is 0.0359. The standard InChI is InChI=1S/C5H9NO4/c7-5-2-1-4(3-10-5)6(8)9/h4-5,7H,1-3H2/t4-,5-/m0/s1. The van der Waals surface area contributed by atoms with Gasteiger partial charge in [-0.05, 0) is 0 Å². The van der Waals surface area contributed by atoms with Gasteiger partial charge in [0.2, 0.25) is 6.04 Å². The molecule has 0 aromatic carbocycles. The van der Waals surface area contributed by atoms with Gasteiger partial charge in [-0.25, -0.2) is 0 Å². The maximum Gasteiger partial charge on any atom is 0.236 e. The van der Waals surface area contributed by atoms with Gasteiger partial charge in [-0.2, -0.15) is 0 Å². The summed E-state index contributed by atoms with van der Waals surface area (Å²) in [5.41, 5.74) is 0. The summed E-state index contributed by atoms with van der Waals surface area (Å²) < 4.78 is 4.67. The van der Waals surface area contributed by atoms with Gasteiger partial charge in [-0.3, -0.25) is 10.1 Å². The molecule has 1 fully saturated rings. The first-order chi connectivity index (χ1) is 4.70. The van der Waals surface area contributed by atoms with E-state index in [0.29, 0.717) is 12.8 Å². The second-order valence-corrected chi connectivity index (χ2v) is 2.30. The van der Waals surface area contributed by atoms with Crippen LogP contribution in [0.4, 0.5) is 0 Å². The van der Waals surface area contributed by atoms with E-state index in [1.165, 1.54) is 0 Å². The fraction of sp³-hybridized carbons (Fsp3) is 1.00. The number of aliphatic hydroxyl groups is 1. The lowest BCUT2D eigenvalue weighted by molar-refractivity contribution is -0.534. The van der Waals surface area contributed by atoms with Crippen LogP contribution >= 0.6 is 0 Å². The predicted molar refractivity (Wildman–Crippen MR) is 32.0 cm³/mol. The molecule has 0 aliphatic carbocycles. The van der Waals surface area contributed by atoms with Crippen molar-refractivity contribution in [3.63, 3.8) is 0 Å². The van der Waals surface area contributed by atoms with Gasteiger partial charge in [0.05, 0.1) is 0 Å². The van der Waals surface area contributed by atoms with Crippen LogP contribution in [-0.4, -0.2) is 29.0 Å². The van der Waals surface area contributed by atoms with E-state index in [-0.39, 0.29) is 11.5 Å². The van der Waals surface area contributed by atoms with E-state index in [0.717, 1.165) is 0 Å². The van der Waals surface area contributed by atoms with Crippen LogP contribution in [0.3, 0.4) is 0 Å². The molecular formula is C5H9NO4. The number of ether oxygens (including phenoxy) is 1. The molecule has 0 aromatic rings. The SMILES string of the molecule is O=[N+]([O-])[C@H]1CC[C@@H](O)OC1. The van der Waals surface area contributed by atoms with E-state index in [9.17, 15) is 10.1 Å². The van der Waals surface area contributed by atoms with Crippen LogP contribution in [0.5, 0.6) is 0 Å². The molecule has 0 amide bonds. The average molecular weight is 147 g/mol. The van der Waals surface area contributed by atoms with Crippen molar-refractivity contribution in [3.05, 3.63) is 10.1 Å². The third kappa shape index (κ3) is 1.65. The van der Waals surface area contributed by atoms with Gasteiger partial charge in [0.25, 0.3) is 0 Å². The summed E-state index contributed by atoms with van der Waals surface area (Å²) in [6.07, 6.45) is -0.0176. The number of hydrogen-bond donors (Lipinski definition) is 1. The molecule has 0 radical (unpaired) electrons. The van der Waals surface area contributed by atoms with Gasteiger partial charge in [-0.1, -0.05) is 0 Å². The van der Waals surface area contributed by atoms with Crippen molar-refractivity contribution in [1.82, 2.24) is 0 Å². The summed E-state index contributed by atoms with van der Waals surface area (Å²) in [6.45, 7) is 0.0359. The minimum atomic E-state index is -0.795. The molecule has 5 nitrogen and oxygen atoms in total. The Labute approximate surface area is 57.8 Å². The highest BCUT2D eigenvalue weighted by Crippen LogP contribution is 2.12. The zero-order chi connectivity index (χ0) is 7.56. The number of hydrogen-bond acceptors (Lipinski definition) is 4. The molecule has 0 saturated carbocycles. The van der Waals surface area contributed by atoms with Gasteiger partial charge in [0.15, 0.2) is 6.29 Å². The van der Waals surface area contributed by atoms with E-state index in [1.807, 2.05) is 0 Å². The van der Waals surface area contributed by atoms with Crippen molar-refractivity contribution in [2.24, 2.45) is 0 Å². The maximum atomic E-state index is 10.1. The molecule has 1 N–H and O–H groups in total. The Bertz CT molecular complexity index is 130. The van der Waals surface area contributed by atoms with Crippen molar-refractivity contribution in [3.8, 4) is 0 Å². The van der Waals surface area contributed by atoms with Crippen LogP contribution in [0.1, 0.15) is 12.8 Å². The zero-order valence-electron chi connectivity index (χ0n) is 5.40. The van der Waals surface area contributed by atoms with Crippen LogP contribution in [0.25, 0.3) is 0 Å². The quantitative estimate of drug-likeness (QED) is 0.410. The number of nitrogens with zero attached hydrogens (tertiary/aromatic N) is 1. The Balaban J connectivity index is 2.33. The predicted octanol–water partition coefficient (Wildman–Crippen LogP) is -0.240. The fourth-order valence-corrected chi connectivity index (χ4v) is 0.890. The molecule has 0 aromatic heterocycles. The molecule has 5 heteroatoms. The van der Waals surface area contributed by atoms with E-state index in [2.05, 4.69) is 4.74 Å². The first-order valence-electron chi connectivity index (χ1n) is 3.13. The van der Waals surface area contributed by atoms with Crippen LogP contribution in [-0.2, 0) is 4.74 Å². The first kappa shape index (κ1) is 7.43. The minimum Gasteiger partial charge on any atom is -0.368 e. The third-order valence-electron chi connectivity index (χ3n) is 1.53. The number of nitro groups is 1. The summed E-state index contributed by atoms with van der Waals surface area (Å²) in [5.74, 6) is 0. The lowest BCUT2D eigenvalue weighted by Crippen LogP contribution is -2.34. The van der Waals surface area contributed by atoms with E-state index in [4.69, 9.17) is 5.11 Å². The van der Waals surface area contributed by atoms with Crippen LogP contribution < -0.4 is 0 Å². The second kappa shape index (κ2) is 2.94. The molecule has 10 heavy (non-hydrogen) atoms.